The molecule has 0 saturated heterocycles. The van der Waals surface area contributed by atoms with E-state index in [1.165, 1.54) is 11.3 Å². The first-order valence-corrected chi connectivity index (χ1v) is 5.97. The van der Waals surface area contributed by atoms with Gasteiger partial charge in [-0.2, -0.15) is 0 Å². The van der Waals surface area contributed by atoms with Crippen molar-refractivity contribution in [1.82, 2.24) is 4.98 Å². The summed E-state index contributed by atoms with van der Waals surface area (Å²) in [6.07, 6.45) is 2.15. The Labute approximate surface area is 98.9 Å². The normalized spacial score (nSPS) is 16.4. The van der Waals surface area contributed by atoms with Crippen molar-refractivity contribution in [2.75, 3.05) is 11.9 Å². The fourth-order valence-corrected chi connectivity index (χ4v) is 2.85. The van der Waals surface area contributed by atoms with Crippen LogP contribution in [0.4, 0.5) is 5.69 Å². The molecule has 1 aliphatic carbocycles. The SMILES string of the molecule is Cc1cc2c3c(c4c(nc3c1)CC4)NCC2=O. The van der Waals surface area contributed by atoms with Gasteiger partial charge in [0.05, 0.1) is 12.1 Å². The lowest BCUT2D eigenvalue weighted by molar-refractivity contribution is 0.101. The lowest BCUT2D eigenvalue weighted by Gasteiger charge is -2.27. The van der Waals surface area contributed by atoms with Crippen molar-refractivity contribution in [3.8, 4) is 0 Å². The number of hydrogen-bond acceptors (Lipinski definition) is 3. The number of carbonyl (C=O) groups excluding carboxylic acids is 1. The number of benzene rings is 1. The van der Waals surface area contributed by atoms with Gasteiger partial charge in [-0.15, -0.1) is 0 Å². The summed E-state index contributed by atoms with van der Waals surface area (Å²) >= 11 is 0. The van der Waals surface area contributed by atoms with Gasteiger partial charge in [-0.1, -0.05) is 0 Å². The molecule has 4 rings (SSSR count). The van der Waals surface area contributed by atoms with Gasteiger partial charge < -0.3 is 5.32 Å². The summed E-state index contributed by atoms with van der Waals surface area (Å²) in [6, 6.07) is 4.06. The van der Waals surface area contributed by atoms with E-state index in [-0.39, 0.29) is 5.78 Å². The third-order valence-corrected chi connectivity index (χ3v) is 3.76. The van der Waals surface area contributed by atoms with Crippen LogP contribution >= 0.6 is 0 Å². The molecule has 0 amide bonds. The first-order chi connectivity index (χ1) is 8.24. The molecule has 0 unspecified atom stereocenters. The molecule has 0 saturated carbocycles. The molecule has 3 nitrogen and oxygen atoms in total. The number of nitrogens with zero attached hydrogens (tertiary/aromatic N) is 1. The molecule has 0 atom stereocenters. The minimum absolute atomic E-state index is 0.173. The van der Waals surface area contributed by atoms with E-state index < -0.39 is 0 Å². The summed E-state index contributed by atoms with van der Waals surface area (Å²) < 4.78 is 0. The standard InChI is InChI=1S/C14H12N2O/c1-7-4-9-12(17)6-15-14-8-2-3-10(8)16-11(5-7)13(9)14/h4-5,15H,2-3,6H2,1H3. The second-order valence-electron chi connectivity index (χ2n) is 4.90. The molecule has 2 aliphatic rings. The smallest absolute Gasteiger partial charge is 0.182 e. The summed E-state index contributed by atoms with van der Waals surface area (Å²) in [5, 5.41) is 4.30. The number of Topliss-reactive ketones (excluding diaryl/α,β-unsaturated/α-hetero) is 1. The number of rotatable bonds is 0. The number of aryl methyl sites for hydroxylation is 2. The van der Waals surface area contributed by atoms with Crippen molar-refractivity contribution in [2.24, 2.45) is 0 Å². The molecule has 2 aromatic rings. The molecule has 1 aromatic heterocycles. The van der Waals surface area contributed by atoms with Gasteiger partial charge in [-0.3, -0.25) is 9.78 Å². The highest BCUT2D eigenvalue weighted by Gasteiger charge is 2.27. The quantitative estimate of drug-likeness (QED) is 0.746. The van der Waals surface area contributed by atoms with Gasteiger partial charge in [0, 0.05) is 22.3 Å². The number of nitrogens with one attached hydrogen (secondary N) is 1. The van der Waals surface area contributed by atoms with Crippen LogP contribution in [0.15, 0.2) is 12.1 Å². The van der Waals surface area contributed by atoms with E-state index in [2.05, 4.69) is 16.4 Å². The molecule has 1 aliphatic heterocycles. The van der Waals surface area contributed by atoms with E-state index in [0.29, 0.717) is 6.54 Å². The van der Waals surface area contributed by atoms with E-state index in [0.717, 1.165) is 40.6 Å². The molecule has 17 heavy (non-hydrogen) atoms. The second-order valence-corrected chi connectivity index (χ2v) is 4.90. The van der Waals surface area contributed by atoms with Crippen LogP contribution in [0.1, 0.15) is 27.2 Å². The highest BCUT2D eigenvalue weighted by molar-refractivity contribution is 6.16. The van der Waals surface area contributed by atoms with Crippen molar-refractivity contribution >= 4 is 22.4 Å². The molecule has 0 spiro atoms. The molecule has 0 radical (unpaired) electrons. The molecule has 3 heteroatoms. The third kappa shape index (κ3) is 1.06. The van der Waals surface area contributed by atoms with Gasteiger partial charge in [0.1, 0.15) is 0 Å². The maximum atomic E-state index is 11.9. The Hall–Kier alpha value is -1.90. The summed E-state index contributed by atoms with van der Waals surface area (Å²) in [5.74, 6) is 0.173. The maximum absolute atomic E-state index is 11.9. The Balaban J connectivity index is 2.23. The monoisotopic (exact) mass is 224 g/mol. The van der Waals surface area contributed by atoms with Crippen molar-refractivity contribution in [3.63, 3.8) is 0 Å². The van der Waals surface area contributed by atoms with Crippen molar-refractivity contribution in [1.29, 1.82) is 0 Å². The minimum atomic E-state index is 0.173. The van der Waals surface area contributed by atoms with Crippen LogP contribution < -0.4 is 5.32 Å². The van der Waals surface area contributed by atoms with Gasteiger partial charge in [0.15, 0.2) is 5.78 Å². The predicted octanol–water partition coefficient (Wildman–Crippen LogP) is 2.25. The summed E-state index contributed by atoms with van der Waals surface area (Å²) in [5.41, 5.74) is 6.59. The van der Waals surface area contributed by atoms with Crippen LogP contribution in [-0.4, -0.2) is 17.3 Å². The van der Waals surface area contributed by atoms with Crippen molar-refractivity contribution in [3.05, 3.63) is 34.5 Å². The van der Waals surface area contributed by atoms with E-state index in [1.54, 1.807) is 0 Å². The average Bonchev–Trinajstić information content (AvgIpc) is 2.27. The number of aromatic nitrogens is 1. The average molecular weight is 224 g/mol. The van der Waals surface area contributed by atoms with Gasteiger partial charge in [-0.05, 0) is 43.0 Å². The van der Waals surface area contributed by atoms with Crippen LogP contribution in [-0.2, 0) is 12.8 Å². The second kappa shape index (κ2) is 2.86. The maximum Gasteiger partial charge on any atom is 0.182 e. The van der Waals surface area contributed by atoms with E-state index >= 15 is 0 Å². The zero-order valence-corrected chi connectivity index (χ0v) is 9.63. The highest BCUT2D eigenvalue weighted by atomic mass is 16.1. The van der Waals surface area contributed by atoms with Gasteiger partial charge in [0.2, 0.25) is 0 Å². The third-order valence-electron chi connectivity index (χ3n) is 3.76. The Bertz CT molecular complexity index is 688. The lowest BCUT2D eigenvalue weighted by atomic mass is 9.86. The molecule has 1 aromatic carbocycles. The van der Waals surface area contributed by atoms with Crippen molar-refractivity contribution in [2.45, 2.75) is 19.8 Å². The summed E-state index contributed by atoms with van der Waals surface area (Å²) in [6.45, 7) is 2.44. The Morgan fingerprint density at radius 3 is 2.94 bits per heavy atom. The summed E-state index contributed by atoms with van der Waals surface area (Å²) in [4.78, 5) is 16.6. The highest BCUT2D eigenvalue weighted by Crippen LogP contribution is 2.39. The molecule has 0 bridgehead atoms. The van der Waals surface area contributed by atoms with Crippen LogP contribution in [0.3, 0.4) is 0 Å². The van der Waals surface area contributed by atoms with Crippen LogP contribution in [0.2, 0.25) is 0 Å². The summed E-state index contributed by atoms with van der Waals surface area (Å²) in [7, 11) is 0. The number of carbonyl (C=O) groups is 1. The molecule has 2 heterocycles. The van der Waals surface area contributed by atoms with E-state index in [4.69, 9.17) is 0 Å². The predicted molar refractivity (Wildman–Crippen MR) is 66.7 cm³/mol. The molecular formula is C14H12N2O. The molecule has 0 fully saturated rings. The van der Waals surface area contributed by atoms with Gasteiger partial charge in [0.25, 0.3) is 0 Å². The number of anilines is 1. The number of fused-ring (bicyclic) bond motifs is 2. The Morgan fingerprint density at radius 1 is 1.29 bits per heavy atom. The largest absolute Gasteiger partial charge is 0.377 e. The Morgan fingerprint density at radius 2 is 2.18 bits per heavy atom. The van der Waals surface area contributed by atoms with Crippen LogP contribution in [0.25, 0.3) is 10.9 Å². The molecule has 84 valence electrons. The van der Waals surface area contributed by atoms with Crippen LogP contribution in [0, 0.1) is 6.92 Å². The van der Waals surface area contributed by atoms with Crippen molar-refractivity contribution < 1.29 is 4.79 Å². The number of ketones is 1. The number of hydrogen-bond donors (Lipinski definition) is 1. The van der Waals surface area contributed by atoms with E-state index in [9.17, 15) is 4.79 Å². The first kappa shape index (κ1) is 9.16. The van der Waals surface area contributed by atoms with E-state index in [1.807, 2.05) is 13.0 Å². The van der Waals surface area contributed by atoms with Gasteiger partial charge in [-0.25, -0.2) is 0 Å². The van der Waals surface area contributed by atoms with Crippen LogP contribution in [0.5, 0.6) is 0 Å². The molecule has 1 N–H and O–H groups in total. The Kier molecular flexibility index (Phi) is 1.54. The lowest BCUT2D eigenvalue weighted by Crippen LogP contribution is -2.25. The fraction of sp³-hybridized carbons (Fsp3) is 0.286. The first-order valence-electron chi connectivity index (χ1n) is 5.97. The zero-order valence-electron chi connectivity index (χ0n) is 9.63. The topological polar surface area (TPSA) is 42.0 Å². The minimum Gasteiger partial charge on any atom is -0.377 e. The molecular weight excluding hydrogens is 212 g/mol. The number of pyridine rings is 1. The zero-order chi connectivity index (χ0) is 11.6. The van der Waals surface area contributed by atoms with Gasteiger partial charge >= 0.3 is 0 Å². The fourth-order valence-electron chi connectivity index (χ4n) is 2.85.